The maximum atomic E-state index is 13.8. The normalized spacial score (nSPS) is 11.0. The number of anilines is 2. The van der Waals surface area contributed by atoms with E-state index in [2.05, 4.69) is 5.32 Å². The molecule has 1 N–H and O–H groups in total. The van der Waals surface area contributed by atoms with Crippen LogP contribution in [0.1, 0.15) is 6.92 Å². The highest BCUT2D eigenvalue weighted by atomic mass is 35.5. The first-order chi connectivity index (χ1) is 16.7. The average Bonchev–Trinajstić information content (AvgIpc) is 2.85. The van der Waals surface area contributed by atoms with E-state index in [1.54, 1.807) is 24.3 Å². The summed E-state index contributed by atoms with van der Waals surface area (Å²) >= 11 is 5.90. The Morgan fingerprint density at radius 1 is 1.00 bits per heavy atom. The Morgan fingerprint density at radius 2 is 1.69 bits per heavy atom. The predicted molar refractivity (Wildman–Crippen MR) is 132 cm³/mol. The first kappa shape index (κ1) is 26.1. The van der Waals surface area contributed by atoms with Gasteiger partial charge in [0.25, 0.3) is 10.0 Å². The number of nitrogens with one attached hydrogen (secondary N) is 1. The van der Waals surface area contributed by atoms with Crippen molar-refractivity contribution < 1.29 is 31.8 Å². The number of halogens is 2. The summed E-state index contributed by atoms with van der Waals surface area (Å²) in [7, 11) is -1.52. The molecule has 11 heteroatoms. The summed E-state index contributed by atoms with van der Waals surface area (Å²) in [5, 5.41) is 2.36. The standard InChI is InChI=1S/C24H24ClFN2O6S/c1-4-34-18-8-5-16(6-9-18)27-24(29)15-28(17-7-11-21(26)20(25)13-17)35(30,31)19-10-12-22(32-2)23(14-19)33-3/h5-14H,4,15H2,1-3H3,(H,27,29). The second kappa shape index (κ2) is 11.3. The molecule has 0 bridgehead atoms. The van der Waals surface area contributed by atoms with E-state index in [0.717, 1.165) is 16.4 Å². The molecule has 0 aliphatic heterocycles. The Kier molecular flexibility index (Phi) is 8.42. The number of amides is 1. The van der Waals surface area contributed by atoms with Gasteiger partial charge in [-0.3, -0.25) is 9.10 Å². The predicted octanol–water partition coefficient (Wildman–Crippen LogP) is 4.73. The quantitative estimate of drug-likeness (QED) is 0.414. The maximum absolute atomic E-state index is 13.8. The topological polar surface area (TPSA) is 94.2 Å². The molecule has 0 atom stereocenters. The second-order valence-electron chi connectivity index (χ2n) is 7.13. The zero-order valence-corrected chi connectivity index (χ0v) is 20.8. The number of methoxy groups -OCH3 is 2. The Hall–Kier alpha value is -3.50. The SMILES string of the molecule is CCOc1ccc(NC(=O)CN(c2ccc(F)c(Cl)c2)S(=O)(=O)c2ccc(OC)c(OC)c2)cc1. The summed E-state index contributed by atoms with van der Waals surface area (Å²) in [5.74, 6) is -0.207. The number of sulfonamides is 1. The average molecular weight is 523 g/mol. The van der Waals surface area contributed by atoms with Crippen molar-refractivity contribution in [3.05, 3.63) is 71.5 Å². The lowest BCUT2D eigenvalue weighted by Crippen LogP contribution is -2.38. The van der Waals surface area contributed by atoms with Gasteiger partial charge in [0.1, 0.15) is 18.1 Å². The summed E-state index contributed by atoms with van der Waals surface area (Å²) in [4.78, 5) is 12.7. The maximum Gasteiger partial charge on any atom is 0.264 e. The summed E-state index contributed by atoms with van der Waals surface area (Å²) < 4.78 is 57.6. The van der Waals surface area contributed by atoms with Crippen LogP contribution in [0.4, 0.5) is 15.8 Å². The number of hydrogen-bond donors (Lipinski definition) is 1. The van der Waals surface area contributed by atoms with Gasteiger partial charge in [-0.05, 0) is 61.5 Å². The molecular weight excluding hydrogens is 499 g/mol. The molecule has 0 heterocycles. The van der Waals surface area contributed by atoms with Crippen LogP contribution >= 0.6 is 11.6 Å². The van der Waals surface area contributed by atoms with Crippen LogP contribution < -0.4 is 23.8 Å². The number of benzene rings is 3. The van der Waals surface area contributed by atoms with Crippen molar-refractivity contribution in [2.75, 3.05) is 37.0 Å². The van der Waals surface area contributed by atoms with Gasteiger partial charge in [0.15, 0.2) is 11.5 Å². The van der Waals surface area contributed by atoms with Crippen molar-refractivity contribution >= 4 is 38.9 Å². The van der Waals surface area contributed by atoms with E-state index in [4.69, 9.17) is 25.8 Å². The lowest BCUT2D eigenvalue weighted by atomic mass is 10.3. The monoisotopic (exact) mass is 522 g/mol. The molecule has 0 spiro atoms. The van der Waals surface area contributed by atoms with Crippen molar-refractivity contribution in [3.63, 3.8) is 0 Å². The molecule has 35 heavy (non-hydrogen) atoms. The summed E-state index contributed by atoms with van der Waals surface area (Å²) in [6.07, 6.45) is 0. The zero-order valence-electron chi connectivity index (χ0n) is 19.2. The molecule has 186 valence electrons. The van der Waals surface area contributed by atoms with E-state index in [1.165, 1.54) is 38.5 Å². The van der Waals surface area contributed by atoms with Crippen molar-refractivity contribution in [1.29, 1.82) is 0 Å². The van der Waals surface area contributed by atoms with Crippen LogP contribution in [0.25, 0.3) is 0 Å². The summed E-state index contributed by atoms with van der Waals surface area (Å²) in [6, 6.07) is 14.0. The minimum atomic E-state index is -4.31. The Bertz CT molecular complexity index is 1300. The molecule has 3 aromatic rings. The van der Waals surface area contributed by atoms with Crippen molar-refractivity contribution in [2.24, 2.45) is 0 Å². The van der Waals surface area contributed by atoms with Gasteiger partial charge in [-0.25, -0.2) is 12.8 Å². The van der Waals surface area contributed by atoms with Crippen LogP contribution in [0, 0.1) is 5.82 Å². The third-order valence-corrected chi connectivity index (χ3v) is 6.93. The van der Waals surface area contributed by atoms with Gasteiger partial charge in [-0.2, -0.15) is 0 Å². The second-order valence-corrected chi connectivity index (χ2v) is 9.40. The lowest BCUT2D eigenvalue weighted by molar-refractivity contribution is -0.114. The van der Waals surface area contributed by atoms with E-state index in [-0.39, 0.29) is 21.4 Å². The van der Waals surface area contributed by atoms with Crippen molar-refractivity contribution in [3.8, 4) is 17.2 Å². The fourth-order valence-corrected chi connectivity index (χ4v) is 4.80. The third kappa shape index (κ3) is 6.14. The Balaban J connectivity index is 1.96. The molecule has 0 unspecified atom stereocenters. The molecule has 3 aromatic carbocycles. The van der Waals surface area contributed by atoms with E-state index in [1.807, 2.05) is 6.92 Å². The Labute approximate surface area is 208 Å². The smallest absolute Gasteiger partial charge is 0.264 e. The minimum Gasteiger partial charge on any atom is -0.494 e. The molecule has 0 aromatic heterocycles. The van der Waals surface area contributed by atoms with Gasteiger partial charge in [0.05, 0.1) is 36.4 Å². The highest BCUT2D eigenvalue weighted by Crippen LogP contribution is 2.33. The number of rotatable bonds is 10. The van der Waals surface area contributed by atoms with Crippen LogP contribution in [-0.4, -0.2) is 41.7 Å². The number of carbonyl (C=O) groups is 1. The fraction of sp³-hybridized carbons (Fsp3) is 0.208. The molecule has 0 fully saturated rings. The van der Waals surface area contributed by atoms with Crippen molar-refractivity contribution in [1.82, 2.24) is 0 Å². The molecule has 0 aliphatic rings. The van der Waals surface area contributed by atoms with E-state index < -0.39 is 28.3 Å². The first-order valence-corrected chi connectivity index (χ1v) is 12.2. The van der Waals surface area contributed by atoms with Crippen molar-refractivity contribution in [2.45, 2.75) is 11.8 Å². The first-order valence-electron chi connectivity index (χ1n) is 10.4. The van der Waals surface area contributed by atoms with E-state index in [9.17, 15) is 17.6 Å². The number of carbonyl (C=O) groups excluding carboxylic acids is 1. The van der Waals surface area contributed by atoms with Gasteiger partial charge in [0.2, 0.25) is 5.91 Å². The Morgan fingerprint density at radius 3 is 2.29 bits per heavy atom. The molecular formula is C24H24ClFN2O6S. The highest BCUT2D eigenvalue weighted by molar-refractivity contribution is 7.92. The molecule has 8 nitrogen and oxygen atoms in total. The van der Waals surface area contributed by atoms with Crippen LogP contribution in [-0.2, 0) is 14.8 Å². The minimum absolute atomic E-state index is 0.00743. The molecule has 3 rings (SSSR count). The number of hydrogen-bond acceptors (Lipinski definition) is 6. The number of nitrogens with zero attached hydrogens (tertiary/aromatic N) is 1. The van der Waals surface area contributed by atoms with Gasteiger partial charge in [0, 0.05) is 11.8 Å². The van der Waals surface area contributed by atoms with E-state index in [0.29, 0.717) is 23.8 Å². The van der Waals surface area contributed by atoms with Gasteiger partial charge in [-0.1, -0.05) is 11.6 Å². The highest BCUT2D eigenvalue weighted by Gasteiger charge is 2.29. The van der Waals surface area contributed by atoms with Gasteiger partial charge in [-0.15, -0.1) is 0 Å². The third-order valence-electron chi connectivity index (χ3n) is 4.87. The lowest BCUT2D eigenvalue weighted by Gasteiger charge is -2.25. The van der Waals surface area contributed by atoms with Crippen LogP contribution in [0.5, 0.6) is 17.2 Å². The van der Waals surface area contributed by atoms with Crippen LogP contribution in [0.15, 0.2) is 65.6 Å². The number of ether oxygens (including phenoxy) is 3. The van der Waals surface area contributed by atoms with E-state index >= 15 is 0 Å². The molecule has 1 amide bonds. The zero-order chi connectivity index (χ0) is 25.6. The van der Waals surface area contributed by atoms with Gasteiger partial charge < -0.3 is 19.5 Å². The summed E-state index contributed by atoms with van der Waals surface area (Å²) in [5.41, 5.74) is 0.451. The largest absolute Gasteiger partial charge is 0.494 e. The molecule has 0 radical (unpaired) electrons. The van der Waals surface area contributed by atoms with Gasteiger partial charge >= 0.3 is 0 Å². The molecule has 0 aliphatic carbocycles. The van der Waals surface area contributed by atoms with Crippen LogP contribution in [0.2, 0.25) is 5.02 Å². The molecule has 0 saturated heterocycles. The fourth-order valence-electron chi connectivity index (χ4n) is 3.19. The molecule has 0 saturated carbocycles. The van der Waals surface area contributed by atoms with Crippen LogP contribution in [0.3, 0.4) is 0 Å². The summed E-state index contributed by atoms with van der Waals surface area (Å²) in [6.45, 7) is 1.74.